The first-order chi connectivity index (χ1) is 14.7. The van der Waals surface area contributed by atoms with Crippen molar-refractivity contribution in [1.29, 1.82) is 0 Å². The summed E-state index contributed by atoms with van der Waals surface area (Å²) >= 11 is 0. The highest BCUT2D eigenvalue weighted by Crippen LogP contribution is 2.45. The molecular weight excluding hydrogens is 380 g/mol. The number of rotatable bonds is 4. The summed E-state index contributed by atoms with van der Waals surface area (Å²) in [5.74, 6) is 1.81. The van der Waals surface area contributed by atoms with Crippen molar-refractivity contribution in [3.05, 3.63) is 77.8 Å². The molecule has 0 spiro atoms. The quantitative estimate of drug-likeness (QED) is 0.719. The van der Waals surface area contributed by atoms with Crippen LogP contribution in [0.1, 0.15) is 29.5 Å². The number of carbonyl (C=O) groups is 1. The second-order valence-electron chi connectivity index (χ2n) is 7.49. The van der Waals surface area contributed by atoms with Crippen molar-refractivity contribution in [2.45, 2.75) is 18.4 Å². The number of hydrogen-bond donors (Lipinski definition) is 1. The van der Waals surface area contributed by atoms with Gasteiger partial charge in [-0.1, -0.05) is 42.5 Å². The molecule has 0 radical (unpaired) electrons. The number of Topliss-reactive ketones (excluding diaryl/α,β-unsaturated/α-hetero) is 1. The Balaban J connectivity index is 1.59. The number of benzene rings is 2. The van der Waals surface area contributed by atoms with Gasteiger partial charge in [0.05, 0.1) is 26.2 Å². The summed E-state index contributed by atoms with van der Waals surface area (Å²) in [6, 6.07) is 15.5. The SMILES string of the molecule is COc1ccc([C@@H]2C=C3Nc4ncnn4[C@H](c4ccccc4)[C@H]3C(=O)C2)c(OC)c1. The highest BCUT2D eigenvalue weighted by molar-refractivity contribution is 5.89. The molecule has 7 nitrogen and oxygen atoms in total. The van der Waals surface area contributed by atoms with E-state index in [4.69, 9.17) is 9.47 Å². The minimum Gasteiger partial charge on any atom is -0.497 e. The van der Waals surface area contributed by atoms with E-state index in [1.807, 2.05) is 53.2 Å². The molecule has 5 rings (SSSR count). The van der Waals surface area contributed by atoms with Gasteiger partial charge in [0.2, 0.25) is 5.95 Å². The van der Waals surface area contributed by atoms with Gasteiger partial charge in [-0.2, -0.15) is 10.1 Å². The molecule has 2 heterocycles. The van der Waals surface area contributed by atoms with E-state index in [0.29, 0.717) is 18.1 Å². The van der Waals surface area contributed by atoms with Crippen LogP contribution in [0.5, 0.6) is 11.5 Å². The summed E-state index contributed by atoms with van der Waals surface area (Å²) < 4.78 is 12.7. The first kappa shape index (κ1) is 18.4. The van der Waals surface area contributed by atoms with Gasteiger partial charge in [0.1, 0.15) is 23.6 Å². The number of nitrogens with one attached hydrogen (secondary N) is 1. The lowest BCUT2D eigenvalue weighted by Gasteiger charge is -2.38. The molecule has 0 fully saturated rings. The molecule has 0 bridgehead atoms. The van der Waals surface area contributed by atoms with Crippen molar-refractivity contribution < 1.29 is 14.3 Å². The predicted molar refractivity (Wildman–Crippen MR) is 112 cm³/mol. The van der Waals surface area contributed by atoms with E-state index >= 15 is 0 Å². The summed E-state index contributed by atoms with van der Waals surface area (Å²) in [7, 11) is 3.25. The Kier molecular flexibility index (Phi) is 4.50. The van der Waals surface area contributed by atoms with E-state index in [1.165, 1.54) is 6.33 Å². The van der Waals surface area contributed by atoms with Gasteiger partial charge in [0, 0.05) is 29.7 Å². The van der Waals surface area contributed by atoms with Crippen LogP contribution in [-0.2, 0) is 4.79 Å². The standard InChI is InChI=1S/C23H22N4O3/c1-29-16-8-9-17(20(12-16)30-2)15-10-18-21(19(28)11-15)22(14-6-4-3-5-7-14)27-23(26-18)24-13-25-27/h3-10,12-13,15,21-22H,11H2,1-2H3,(H,24,25,26)/t15-,21-,22-/m1/s1. The monoisotopic (exact) mass is 402 g/mol. The van der Waals surface area contributed by atoms with Gasteiger partial charge in [0.25, 0.3) is 0 Å². The molecule has 1 N–H and O–H groups in total. The van der Waals surface area contributed by atoms with Crippen LogP contribution in [0.3, 0.4) is 0 Å². The average Bonchev–Trinajstić information content (AvgIpc) is 3.25. The zero-order valence-electron chi connectivity index (χ0n) is 16.8. The zero-order chi connectivity index (χ0) is 20.7. The molecule has 30 heavy (non-hydrogen) atoms. The van der Waals surface area contributed by atoms with Crippen molar-refractivity contribution in [1.82, 2.24) is 14.8 Å². The topological polar surface area (TPSA) is 78.3 Å². The number of fused-ring (bicyclic) bond motifs is 2. The minimum absolute atomic E-state index is 0.0944. The number of nitrogens with zero attached hydrogens (tertiary/aromatic N) is 3. The van der Waals surface area contributed by atoms with Gasteiger partial charge in [-0.3, -0.25) is 4.79 Å². The van der Waals surface area contributed by atoms with E-state index in [-0.39, 0.29) is 23.7 Å². The van der Waals surface area contributed by atoms with Crippen molar-refractivity contribution in [2.24, 2.45) is 5.92 Å². The highest BCUT2D eigenvalue weighted by atomic mass is 16.5. The van der Waals surface area contributed by atoms with Crippen LogP contribution in [0.15, 0.2) is 66.6 Å². The summed E-state index contributed by atoms with van der Waals surface area (Å²) in [5, 5.41) is 7.73. The maximum atomic E-state index is 13.4. The smallest absolute Gasteiger partial charge is 0.226 e. The van der Waals surface area contributed by atoms with E-state index in [2.05, 4.69) is 21.5 Å². The fourth-order valence-electron chi connectivity index (χ4n) is 4.48. The number of hydrogen-bond acceptors (Lipinski definition) is 6. The summed E-state index contributed by atoms with van der Waals surface area (Å²) in [5.41, 5.74) is 2.86. The van der Waals surface area contributed by atoms with Crippen LogP contribution >= 0.6 is 0 Å². The lowest BCUT2D eigenvalue weighted by Crippen LogP contribution is -2.40. The molecule has 0 saturated carbocycles. The molecule has 0 amide bonds. The molecule has 7 heteroatoms. The average molecular weight is 402 g/mol. The number of ketones is 1. The first-order valence-electron chi connectivity index (χ1n) is 9.87. The number of ether oxygens (including phenoxy) is 2. The van der Waals surface area contributed by atoms with Crippen molar-refractivity contribution in [3.63, 3.8) is 0 Å². The number of allylic oxidation sites excluding steroid dienone is 2. The van der Waals surface area contributed by atoms with Crippen LogP contribution in [-0.4, -0.2) is 34.8 Å². The minimum atomic E-state index is -0.331. The molecule has 3 aromatic rings. The van der Waals surface area contributed by atoms with E-state index in [1.54, 1.807) is 14.2 Å². The molecule has 3 atom stereocenters. The summed E-state index contributed by atoms with van der Waals surface area (Å²) in [6.07, 6.45) is 4.04. The van der Waals surface area contributed by atoms with Gasteiger partial charge in [-0.25, -0.2) is 4.68 Å². The largest absolute Gasteiger partial charge is 0.497 e. The van der Waals surface area contributed by atoms with Gasteiger partial charge >= 0.3 is 0 Å². The van der Waals surface area contributed by atoms with Crippen LogP contribution in [0.25, 0.3) is 0 Å². The maximum Gasteiger partial charge on any atom is 0.226 e. The highest BCUT2D eigenvalue weighted by Gasteiger charge is 2.43. The lowest BCUT2D eigenvalue weighted by atomic mass is 9.75. The Hall–Kier alpha value is -3.61. The Morgan fingerprint density at radius 2 is 1.93 bits per heavy atom. The molecule has 1 aliphatic heterocycles. The zero-order valence-corrected chi connectivity index (χ0v) is 16.8. The Bertz CT molecular complexity index is 1120. The second kappa shape index (κ2) is 7.33. The van der Waals surface area contributed by atoms with Crippen LogP contribution in [0, 0.1) is 5.92 Å². The van der Waals surface area contributed by atoms with Gasteiger partial charge in [-0.15, -0.1) is 0 Å². The lowest BCUT2D eigenvalue weighted by molar-refractivity contribution is -0.123. The Morgan fingerprint density at radius 3 is 2.70 bits per heavy atom. The third-order valence-electron chi connectivity index (χ3n) is 5.87. The Labute approximate surface area is 174 Å². The molecule has 2 aromatic carbocycles. The fraction of sp³-hybridized carbons (Fsp3) is 0.261. The van der Waals surface area contributed by atoms with E-state index in [9.17, 15) is 4.79 Å². The fourth-order valence-corrected chi connectivity index (χ4v) is 4.48. The predicted octanol–water partition coefficient (Wildman–Crippen LogP) is 3.57. The molecular formula is C23H22N4O3. The summed E-state index contributed by atoms with van der Waals surface area (Å²) in [4.78, 5) is 17.8. The molecule has 0 unspecified atom stereocenters. The third kappa shape index (κ3) is 2.94. The van der Waals surface area contributed by atoms with Crippen molar-refractivity contribution in [3.8, 4) is 11.5 Å². The number of methoxy groups -OCH3 is 2. The molecule has 1 aromatic heterocycles. The normalized spacial score (nSPS) is 22.4. The number of anilines is 1. The van der Waals surface area contributed by atoms with Crippen molar-refractivity contribution in [2.75, 3.05) is 19.5 Å². The number of aromatic nitrogens is 3. The molecule has 2 aliphatic rings. The molecule has 1 aliphatic carbocycles. The summed E-state index contributed by atoms with van der Waals surface area (Å²) in [6.45, 7) is 0. The van der Waals surface area contributed by atoms with Crippen LogP contribution in [0.2, 0.25) is 0 Å². The maximum absolute atomic E-state index is 13.4. The third-order valence-corrected chi connectivity index (χ3v) is 5.87. The van der Waals surface area contributed by atoms with Crippen molar-refractivity contribution >= 4 is 11.7 Å². The van der Waals surface area contributed by atoms with Gasteiger partial charge < -0.3 is 14.8 Å². The number of carbonyl (C=O) groups excluding carboxylic acids is 1. The van der Waals surface area contributed by atoms with Crippen LogP contribution < -0.4 is 14.8 Å². The van der Waals surface area contributed by atoms with Gasteiger partial charge in [-0.05, 0) is 11.6 Å². The Morgan fingerprint density at radius 1 is 1.10 bits per heavy atom. The second-order valence-corrected chi connectivity index (χ2v) is 7.49. The molecule has 0 saturated heterocycles. The molecule has 152 valence electrons. The van der Waals surface area contributed by atoms with E-state index < -0.39 is 0 Å². The van der Waals surface area contributed by atoms with Gasteiger partial charge in [0.15, 0.2) is 0 Å². The van der Waals surface area contributed by atoms with Crippen LogP contribution in [0.4, 0.5) is 5.95 Å². The van der Waals surface area contributed by atoms with E-state index in [0.717, 1.165) is 22.6 Å². The first-order valence-corrected chi connectivity index (χ1v) is 9.87.